The van der Waals surface area contributed by atoms with Crippen molar-refractivity contribution >= 4 is 28.9 Å². The molecule has 1 saturated heterocycles. The van der Waals surface area contributed by atoms with Gasteiger partial charge in [0.15, 0.2) is 11.7 Å². The summed E-state index contributed by atoms with van der Waals surface area (Å²) in [5.41, 5.74) is 3.25. The Balaban J connectivity index is 1.81. The molecule has 0 radical (unpaired) electrons. The van der Waals surface area contributed by atoms with Crippen molar-refractivity contribution in [2.75, 3.05) is 44.6 Å². The molecule has 0 unspecified atom stereocenters. The number of nitrogens with one attached hydrogen (secondary N) is 3. The summed E-state index contributed by atoms with van der Waals surface area (Å²) in [5.74, 6) is 0.0800. The molecule has 6 heteroatoms. The van der Waals surface area contributed by atoms with E-state index in [0.29, 0.717) is 6.54 Å². The Hall–Kier alpha value is -1.66. The summed E-state index contributed by atoms with van der Waals surface area (Å²) >= 11 is 5.34. The van der Waals surface area contributed by atoms with Crippen LogP contribution in [-0.4, -0.2) is 55.2 Å². The van der Waals surface area contributed by atoms with Crippen LogP contribution < -0.4 is 15.5 Å². The van der Waals surface area contributed by atoms with Gasteiger partial charge in [-0.1, -0.05) is 12.1 Å². The van der Waals surface area contributed by atoms with E-state index in [1.807, 2.05) is 26.0 Å². The van der Waals surface area contributed by atoms with Crippen LogP contribution in [0.15, 0.2) is 18.2 Å². The van der Waals surface area contributed by atoms with Gasteiger partial charge < -0.3 is 20.4 Å². The van der Waals surface area contributed by atoms with Crippen LogP contribution in [0.2, 0.25) is 0 Å². The molecule has 23 heavy (non-hydrogen) atoms. The number of amides is 1. The van der Waals surface area contributed by atoms with Crippen LogP contribution in [0.1, 0.15) is 18.1 Å². The van der Waals surface area contributed by atoms with E-state index < -0.39 is 0 Å². The molecule has 1 aromatic carbocycles. The predicted molar refractivity (Wildman–Crippen MR) is 98.0 cm³/mol. The second-order valence-corrected chi connectivity index (χ2v) is 6.43. The lowest BCUT2D eigenvalue weighted by atomic mass is 10.1. The van der Waals surface area contributed by atoms with Gasteiger partial charge in [0.05, 0.1) is 26.2 Å². The fraction of sp³-hybridized carbons (Fsp3) is 0.529. The molecule has 5 nitrogen and oxygen atoms in total. The monoisotopic (exact) mass is 335 g/mol. The summed E-state index contributed by atoms with van der Waals surface area (Å²) < 4.78 is 0. The van der Waals surface area contributed by atoms with E-state index in [-0.39, 0.29) is 5.91 Å². The molecule has 0 spiro atoms. The van der Waals surface area contributed by atoms with Crippen LogP contribution >= 0.6 is 12.2 Å². The largest absolute Gasteiger partial charge is 0.363 e. The van der Waals surface area contributed by atoms with E-state index >= 15 is 0 Å². The van der Waals surface area contributed by atoms with E-state index in [1.165, 1.54) is 10.5 Å². The predicted octanol–water partition coefficient (Wildman–Crippen LogP) is 0.337. The fourth-order valence-electron chi connectivity index (χ4n) is 2.77. The van der Waals surface area contributed by atoms with Gasteiger partial charge in [-0.2, -0.15) is 0 Å². The van der Waals surface area contributed by atoms with Gasteiger partial charge in [-0.25, -0.2) is 0 Å². The first-order valence-electron chi connectivity index (χ1n) is 8.23. The molecule has 0 aromatic heterocycles. The van der Waals surface area contributed by atoms with Crippen molar-refractivity contribution in [1.29, 1.82) is 0 Å². The molecular formula is C17H27N4OS+. The molecule has 0 aliphatic carbocycles. The third-order valence-electron chi connectivity index (χ3n) is 4.38. The third-order valence-corrected chi connectivity index (χ3v) is 4.78. The molecule has 0 saturated carbocycles. The fourth-order valence-corrected chi connectivity index (χ4v) is 3.10. The molecule has 1 amide bonds. The zero-order valence-electron chi connectivity index (χ0n) is 14.2. The minimum absolute atomic E-state index is 0.0800. The molecule has 1 heterocycles. The number of benzene rings is 1. The Morgan fingerprint density at radius 2 is 2.00 bits per heavy atom. The summed E-state index contributed by atoms with van der Waals surface area (Å²) in [6.07, 6.45) is 0. The van der Waals surface area contributed by atoms with E-state index in [9.17, 15) is 4.79 Å². The van der Waals surface area contributed by atoms with Gasteiger partial charge in [0.1, 0.15) is 0 Å². The second kappa shape index (κ2) is 8.26. The van der Waals surface area contributed by atoms with Gasteiger partial charge in [-0.3, -0.25) is 4.79 Å². The Bertz CT molecular complexity index is 568. The molecule has 3 N–H and O–H groups in total. The first-order chi connectivity index (χ1) is 11.0. The SMILES string of the molecule is CCNC(=S)N1CC[NH+](CC(=O)Nc2cccc(C)c2C)CC1. The summed E-state index contributed by atoms with van der Waals surface area (Å²) in [7, 11) is 0. The number of aryl methyl sites for hydroxylation is 1. The van der Waals surface area contributed by atoms with Gasteiger partial charge in [-0.05, 0) is 50.2 Å². The molecule has 126 valence electrons. The van der Waals surface area contributed by atoms with Crippen molar-refractivity contribution in [1.82, 2.24) is 10.2 Å². The Morgan fingerprint density at radius 3 is 2.65 bits per heavy atom. The van der Waals surface area contributed by atoms with Crippen molar-refractivity contribution in [3.05, 3.63) is 29.3 Å². The molecule has 1 aromatic rings. The van der Waals surface area contributed by atoms with Gasteiger partial charge in [0.2, 0.25) is 0 Å². The molecule has 1 fully saturated rings. The molecule has 0 atom stereocenters. The smallest absolute Gasteiger partial charge is 0.279 e. The third kappa shape index (κ3) is 4.91. The summed E-state index contributed by atoms with van der Waals surface area (Å²) in [4.78, 5) is 15.8. The highest BCUT2D eigenvalue weighted by atomic mass is 32.1. The Morgan fingerprint density at radius 1 is 1.30 bits per heavy atom. The standard InChI is InChI=1S/C17H26N4OS/c1-4-18-17(23)21-10-8-20(9-11-21)12-16(22)19-15-7-5-6-13(2)14(15)3/h5-7H,4,8-12H2,1-3H3,(H,18,23)(H,19,22)/p+1. The molecule has 1 aliphatic heterocycles. The van der Waals surface area contributed by atoms with Crippen molar-refractivity contribution in [3.8, 4) is 0 Å². The van der Waals surface area contributed by atoms with Crippen molar-refractivity contribution < 1.29 is 9.69 Å². The first kappa shape index (κ1) is 17.7. The van der Waals surface area contributed by atoms with Crippen LogP contribution in [-0.2, 0) is 4.79 Å². The van der Waals surface area contributed by atoms with Crippen LogP contribution in [0.4, 0.5) is 5.69 Å². The van der Waals surface area contributed by atoms with E-state index in [1.54, 1.807) is 0 Å². The second-order valence-electron chi connectivity index (χ2n) is 6.04. The quantitative estimate of drug-likeness (QED) is 0.695. The van der Waals surface area contributed by atoms with Crippen LogP contribution in [0.3, 0.4) is 0 Å². The van der Waals surface area contributed by atoms with Gasteiger partial charge in [0.25, 0.3) is 5.91 Å². The molecule has 0 bridgehead atoms. The van der Waals surface area contributed by atoms with Crippen molar-refractivity contribution in [3.63, 3.8) is 0 Å². The number of hydrogen-bond acceptors (Lipinski definition) is 2. The van der Waals surface area contributed by atoms with Crippen molar-refractivity contribution in [2.45, 2.75) is 20.8 Å². The zero-order chi connectivity index (χ0) is 16.8. The van der Waals surface area contributed by atoms with Gasteiger partial charge in [-0.15, -0.1) is 0 Å². The number of nitrogens with zero attached hydrogens (tertiary/aromatic N) is 1. The van der Waals surface area contributed by atoms with E-state index in [2.05, 4.69) is 28.5 Å². The number of quaternary nitrogens is 1. The highest BCUT2D eigenvalue weighted by Crippen LogP contribution is 2.17. The summed E-state index contributed by atoms with van der Waals surface area (Å²) in [6.45, 7) is 11.2. The molecular weight excluding hydrogens is 308 g/mol. The van der Waals surface area contributed by atoms with Crippen molar-refractivity contribution in [2.24, 2.45) is 0 Å². The number of thiocarbonyl (C=S) groups is 1. The van der Waals surface area contributed by atoms with Crippen LogP contribution in [0.5, 0.6) is 0 Å². The van der Waals surface area contributed by atoms with Crippen LogP contribution in [0.25, 0.3) is 0 Å². The average Bonchev–Trinajstić information content (AvgIpc) is 2.53. The van der Waals surface area contributed by atoms with Crippen LogP contribution in [0, 0.1) is 13.8 Å². The highest BCUT2D eigenvalue weighted by Gasteiger charge is 2.23. The lowest BCUT2D eigenvalue weighted by Gasteiger charge is -2.33. The number of hydrogen-bond donors (Lipinski definition) is 3. The molecule has 2 rings (SSSR count). The number of piperazine rings is 1. The maximum absolute atomic E-state index is 12.3. The normalized spacial score (nSPS) is 15.3. The summed E-state index contributed by atoms with van der Waals surface area (Å²) in [5, 5.41) is 7.05. The number of carbonyl (C=O) groups is 1. The van der Waals surface area contributed by atoms with E-state index in [0.717, 1.165) is 49.1 Å². The summed E-state index contributed by atoms with van der Waals surface area (Å²) in [6, 6.07) is 6.00. The Kier molecular flexibility index (Phi) is 6.36. The highest BCUT2D eigenvalue weighted by molar-refractivity contribution is 7.80. The molecule has 1 aliphatic rings. The number of anilines is 1. The zero-order valence-corrected chi connectivity index (χ0v) is 15.1. The van der Waals surface area contributed by atoms with Gasteiger partial charge >= 0.3 is 0 Å². The average molecular weight is 335 g/mol. The lowest BCUT2D eigenvalue weighted by molar-refractivity contribution is -0.895. The van der Waals surface area contributed by atoms with Gasteiger partial charge in [0, 0.05) is 12.2 Å². The number of rotatable bonds is 4. The first-order valence-corrected chi connectivity index (χ1v) is 8.64. The maximum Gasteiger partial charge on any atom is 0.279 e. The maximum atomic E-state index is 12.3. The minimum atomic E-state index is 0.0800. The Labute approximate surface area is 144 Å². The number of carbonyl (C=O) groups excluding carboxylic acids is 1. The van der Waals surface area contributed by atoms with E-state index in [4.69, 9.17) is 12.2 Å². The minimum Gasteiger partial charge on any atom is -0.363 e. The topological polar surface area (TPSA) is 48.8 Å². The lowest BCUT2D eigenvalue weighted by Crippen LogP contribution is -3.15.